The van der Waals surface area contributed by atoms with Crippen molar-refractivity contribution in [3.63, 3.8) is 0 Å². The van der Waals surface area contributed by atoms with Crippen molar-refractivity contribution in [2.75, 3.05) is 6.54 Å². The molecule has 0 fully saturated rings. The van der Waals surface area contributed by atoms with E-state index < -0.39 is 31.0 Å². The molecule has 0 aliphatic heterocycles. The molecule has 27 heavy (non-hydrogen) atoms. The Morgan fingerprint density at radius 3 is 2.26 bits per heavy atom. The summed E-state index contributed by atoms with van der Waals surface area (Å²) in [6.45, 7) is -0.885. The predicted octanol–water partition coefficient (Wildman–Crippen LogP) is 2.98. The Hall–Kier alpha value is -2.74. The van der Waals surface area contributed by atoms with Crippen LogP contribution in [0.25, 0.3) is 0 Å². The van der Waals surface area contributed by atoms with Crippen LogP contribution in [0.5, 0.6) is 0 Å². The zero-order valence-corrected chi connectivity index (χ0v) is 15.1. The minimum absolute atomic E-state index is 0. The monoisotopic (exact) mass is 399 g/mol. The van der Waals surface area contributed by atoms with Gasteiger partial charge in [-0.25, -0.2) is 13.6 Å². The van der Waals surface area contributed by atoms with Gasteiger partial charge in [0.1, 0.15) is 6.04 Å². The van der Waals surface area contributed by atoms with Gasteiger partial charge in [-0.3, -0.25) is 14.7 Å². The normalized spacial score (nSPS) is 11.4. The van der Waals surface area contributed by atoms with Crippen molar-refractivity contribution in [3.05, 3.63) is 66.0 Å². The Morgan fingerprint density at radius 1 is 1.07 bits per heavy atom. The molecule has 2 aromatic rings. The van der Waals surface area contributed by atoms with Crippen molar-refractivity contribution in [2.45, 2.75) is 25.4 Å². The minimum atomic E-state index is -2.71. The molecule has 1 aromatic carbocycles. The molecule has 146 valence electrons. The van der Waals surface area contributed by atoms with E-state index in [1.165, 1.54) is 12.4 Å². The summed E-state index contributed by atoms with van der Waals surface area (Å²) >= 11 is 0. The first kappa shape index (κ1) is 22.3. The summed E-state index contributed by atoms with van der Waals surface area (Å²) in [5.74, 6) is -0.759. The molecule has 0 radical (unpaired) electrons. The third-order valence-electron chi connectivity index (χ3n) is 3.73. The standard InChI is InChI=1S/C18H19F2N3O3.ClH/c19-16(20)11-22-17(24)15(10-13-4-2-1-3-5-13)23(18(25)26)12-14-6-8-21-9-7-14;/h1-9,15-16H,10-12H2,(H,22,24)(H,25,26);1H/t15-;/m0./s1. The predicted molar refractivity (Wildman–Crippen MR) is 98.0 cm³/mol. The minimum Gasteiger partial charge on any atom is -0.465 e. The van der Waals surface area contributed by atoms with Crippen LogP contribution in [0.3, 0.4) is 0 Å². The van der Waals surface area contributed by atoms with Crippen molar-refractivity contribution < 1.29 is 23.5 Å². The first-order valence-electron chi connectivity index (χ1n) is 7.95. The Kier molecular flexibility index (Phi) is 9.15. The van der Waals surface area contributed by atoms with Crippen LogP contribution in [-0.4, -0.2) is 46.0 Å². The first-order valence-corrected chi connectivity index (χ1v) is 7.95. The van der Waals surface area contributed by atoms with Gasteiger partial charge in [-0.1, -0.05) is 30.3 Å². The zero-order chi connectivity index (χ0) is 18.9. The lowest BCUT2D eigenvalue weighted by Crippen LogP contribution is -2.50. The van der Waals surface area contributed by atoms with Gasteiger partial charge in [0.05, 0.1) is 6.54 Å². The number of benzene rings is 1. The second-order valence-electron chi connectivity index (χ2n) is 5.61. The molecule has 2 rings (SSSR count). The van der Waals surface area contributed by atoms with Gasteiger partial charge in [0.15, 0.2) is 0 Å². The Morgan fingerprint density at radius 2 is 1.70 bits per heavy atom. The highest BCUT2D eigenvalue weighted by atomic mass is 35.5. The van der Waals surface area contributed by atoms with Gasteiger partial charge in [-0.2, -0.15) is 0 Å². The molecule has 1 aromatic heterocycles. The van der Waals surface area contributed by atoms with Gasteiger partial charge >= 0.3 is 6.09 Å². The van der Waals surface area contributed by atoms with E-state index in [4.69, 9.17) is 0 Å². The lowest BCUT2D eigenvalue weighted by atomic mass is 10.0. The summed E-state index contributed by atoms with van der Waals surface area (Å²) in [4.78, 5) is 29.0. The summed E-state index contributed by atoms with van der Waals surface area (Å²) in [5, 5.41) is 11.7. The van der Waals surface area contributed by atoms with Crippen LogP contribution in [0.2, 0.25) is 0 Å². The second kappa shape index (κ2) is 11.1. The maximum atomic E-state index is 12.4. The van der Waals surface area contributed by atoms with E-state index in [2.05, 4.69) is 10.3 Å². The summed E-state index contributed by atoms with van der Waals surface area (Å²) in [6.07, 6.45) is -0.922. The summed E-state index contributed by atoms with van der Waals surface area (Å²) in [5.41, 5.74) is 1.37. The van der Waals surface area contributed by atoms with E-state index in [0.29, 0.717) is 5.56 Å². The molecule has 6 nitrogen and oxygen atoms in total. The average Bonchev–Trinajstić information content (AvgIpc) is 2.64. The van der Waals surface area contributed by atoms with Gasteiger partial charge in [0, 0.05) is 25.4 Å². The number of carbonyl (C=O) groups excluding carboxylic acids is 1. The second-order valence-corrected chi connectivity index (χ2v) is 5.61. The molecule has 0 aliphatic rings. The molecule has 0 bridgehead atoms. The topological polar surface area (TPSA) is 82.5 Å². The summed E-state index contributed by atoms with van der Waals surface area (Å²) in [7, 11) is 0. The largest absolute Gasteiger partial charge is 0.465 e. The van der Waals surface area contributed by atoms with Crippen LogP contribution in [0.4, 0.5) is 13.6 Å². The van der Waals surface area contributed by atoms with Gasteiger partial charge in [-0.15, -0.1) is 12.4 Å². The molecule has 1 atom stereocenters. The van der Waals surface area contributed by atoms with E-state index in [9.17, 15) is 23.5 Å². The van der Waals surface area contributed by atoms with E-state index in [1.807, 2.05) is 0 Å². The quantitative estimate of drug-likeness (QED) is 0.715. The number of aromatic nitrogens is 1. The lowest BCUT2D eigenvalue weighted by molar-refractivity contribution is -0.126. The van der Waals surface area contributed by atoms with Crippen LogP contribution in [0, 0.1) is 0 Å². The Balaban J connectivity index is 0.00000364. The first-order chi connectivity index (χ1) is 12.5. The molecule has 1 heterocycles. The zero-order valence-electron chi connectivity index (χ0n) is 14.3. The van der Waals surface area contributed by atoms with Crippen molar-refractivity contribution in [1.29, 1.82) is 0 Å². The number of hydrogen-bond donors (Lipinski definition) is 2. The number of pyridine rings is 1. The molecule has 2 amide bonds. The molecule has 0 unspecified atom stereocenters. The Labute approximate surface area is 161 Å². The molecular formula is C18H20ClF2N3O3. The van der Waals surface area contributed by atoms with Crippen molar-refractivity contribution in [2.24, 2.45) is 0 Å². The van der Waals surface area contributed by atoms with E-state index in [-0.39, 0.29) is 25.4 Å². The molecular weight excluding hydrogens is 380 g/mol. The Bertz CT molecular complexity index is 720. The van der Waals surface area contributed by atoms with Crippen molar-refractivity contribution in [1.82, 2.24) is 15.2 Å². The molecule has 0 saturated heterocycles. The molecule has 2 N–H and O–H groups in total. The third kappa shape index (κ3) is 7.18. The number of carboxylic acid groups (broad SMARTS) is 1. The number of nitrogens with one attached hydrogen (secondary N) is 1. The number of alkyl halides is 2. The van der Waals surface area contributed by atoms with Crippen LogP contribution >= 0.6 is 12.4 Å². The number of carbonyl (C=O) groups is 2. The average molecular weight is 400 g/mol. The number of nitrogens with zero attached hydrogens (tertiary/aromatic N) is 2. The number of halogens is 3. The van der Waals surface area contributed by atoms with Gasteiger partial charge in [0.2, 0.25) is 5.91 Å². The summed E-state index contributed by atoms with van der Waals surface area (Å²) in [6, 6.07) is 10.9. The lowest BCUT2D eigenvalue weighted by Gasteiger charge is -2.28. The van der Waals surface area contributed by atoms with Crippen molar-refractivity contribution in [3.8, 4) is 0 Å². The van der Waals surface area contributed by atoms with Crippen LogP contribution in [-0.2, 0) is 17.8 Å². The highest BCUT2D eigenvalue weighted by molar-refractivity contribution is 5.86. The molecule has 9 heteroatoms. The number of amides is 2. The third-order valence-corrected chi connectivity index (χ3v) is 3.73. The molecule has 0 saturated carbocycles. The SMILES string of the molecule is Cl.O=C(NCC(F)F)[C@H](Cc1ccccc1)N(Cc1ccncc1)C(=O)O. The molecule has 0 aliphatic carbocycles. The van der Waals surface area contributed by atoms with Crippen LogP contribution in [0.15, 0.2) is 54.9 Å². The van der Waals surface area contributed by atoms with Gasteiger partial charge < -0.3 is 10.4 Å². The van der Waals surface area contributed by atoms with Crippen LogP contribution in [0.1, 0.15) is 11.1 Å². The molecule has 0 spiro atoms. The van der Waals surface area contributed by atoms with Crippen molar-refractivity contribution >= 4 is 24.4 Å². The maximum Gasteiger partial charge on any atom is 0.408 e. The van der Waals surface area contributed by atoms with Gasteiger partial charge in [-0.05, 0) is 23.3 Å². The van der Waals surface area contributed by atoms with E-state index in [0.717, 1.165) is 10.5 Å². The highest BCUT2D eigenvalue weighted by Crippen LogP contribution is 2.14. The van der Waals surface area contributed by atoms with E-state index >= 15 is 0 Å². The smallest absolute Gasteiger partial charge is 0.408 e. The number of hydrogen-bond acceptors (Lipinski definition) is 3. The fraction of sp³-hybridized carbons (Fsp3) is 0.278. The van der Waals surface area contributed by atoms with Crippen LogP contribution < -0.4 is 5.32 Å². The maximum absolute atomic E-state index is 12.4. The highest BCUT2D eigenvalue weighted by Gasteiger charge is 2.30. The fourth-order valence-electron chi connectivity index (χ4n) is 2.47. The summed E-state index contributed by atoms with van der Waals surface area (Å²) < 4.78 is 24.9. The fourth-order valence-corrected chi connectivity index (χ4v) is 2.47. The van der Waals surface area contributed by atoms with E-state index in [1.54, 1.807) is 42.5 Å². The number of rotatable bonds is 8. The van der Waals surface area contributed by atoms with Gasteiger partial charge in [0.25, 0.3) is 6.43 Å².